The van der Waals surface area contributed by atoms with Crippen LogP contribution < -0.4 is 10.2 Å². The first-order chi connectivity index (χ1) is 12.2. The number of rotatable bonds is 4. The van der Waals surface area contributed by atoms with E-state index in [-0.39, 0.29) is 29.9 Å². The highest BCUT2D eigenvalue weighted by molar-refractivity contribution is 14.0. The number of guanidine groups is 1. The van der Waals surface area contributed by atoms with Gasteiger partial charge in [0.1, 0.15) is 6.54 Å². The molecule has 0 atom stereocenters. The second-order valence-electron chi connectivity index (χ2n) is 7.04. The molecule has 1 saturated carbocycles. The van der Waals surface area contributed by atoms with Gasteiger partial charge in [-0.3, -0.25) is 14.5 Å². The largest absolute Gasteiger partial charge is 0.357 e. The molecule has 8 heteroatoms. The molecule has 0 bridgehead atoms. The van der Waals surface area contributed by atoms with Gasteiger partial charge in [0.25, 0.3) is 0 Å². The van der Waals surface area contributed by atoms with Crippen molar-refractivity contribution in [1.29, 1.82) is 0 Å². The van der Waals surface area contributed by atoms with E-state index < -0.39 is 0 Å². The van der Waals surface area contributed by atoms with Crippen LogP contribution in [0.4, 0.5) is 5.69 Å². The van der Waals surface area contributed by atoms with Crippen LogP contribution >= 0.6 is 24.0 Å². The van der Waals surface area contributed by atoms with Crippen molar-refractivity contribution in [2.75, 3.05) is 37.6 Å². The predicted molar refractivity (Wildman–Crippen MR) is 115 cm³/mol. The number of hydrogen-bond donors (Lipinski definition) is 1. The van der Waals surface area contributed by atoms with Gasteiger partial charge in [-0.15, -0.1) is 24.0 Å². The highest BCUT2D eigenvalue weighted by atomic mass is 127. The fourth-order valence-electron chi connectivity index (χ4n) is 3.69. The van der Waals surface area contributed by atoms with Crippen LogP contribution in [0.25, 0.3) is 0 Å². The summed E-state index contributed by atoms with van der Waals surface area (Å²) in [5.74, 6) is 1.68. The van der Waals surface area contributed by atoms with Gasteiger partial charge in [0, 0.05) is 39.4 Å². The molecule has 1 aromatic rings. The van der Waals surface area contributed by atoms with Gasteiger partial charge in [0.05, 0.1) is 11.9 Å². The number of nitrogens with one attached hydrogen (secondary N) is 1. The molecule has 1 amide bonds. The van der Waals surface area contributed by atoms with Gasteiger partial charge in [-0.25, -0.2) is 0 Å². The zero-order chi connectivity index (χ0) is 17.6. The first kappa shape index (κ1) is 21.0. The van der Waals surface area contributed by atoms with E-state index in [1.54, 1.807) is 10.9 Å². The van der Waals surface area contributed by atoms with Crippen LogP contribution in [0.3, 0.4) is 0 Å². The van der Waals surface area contributed by atoms with E-state index >= 15 is 0 Å². The lowest BCUT2D eigenvalue weighted by atomic mass is 9.89. The number of hydrogen-bond acceptors (Lipinski definition) is 3. The number of halogens is 1. The Morgan fingerprint density at radius 1 is 1.31 bits per heavy atom. The molecule has 1 aromatic heterocycles. The Bertz CT molecular complexity index is 611. The zero-order valence-electron chi connectivity index (χ0n) is 15.9. The smallest absolute Gasteiger partial charge is 0.246 e. The molecule has 2 aliphatic rings. The highest BCUT2D eigenvalue weighted by Gasteiger charge is 2.27. The highest BCUT2D eigenvalue weighted by Crippen LogP contribution is 2.24. The van der Waals surface area contributed by atoms with E-state index in [4.69, 9.17) is 4.99 Å². The topological polar surface area (TPSA) is 65.8 Å². The number of piperazine rings is 1. The summed E-state index contributed by atoms with van der Waals surface area (Å²) < 4.78 is 1.73. The molecule has 0 radical (unpaired) electrons. The van der Waals surface area contributed by atoms with Crippen molar-refractivity contribution >= 4 is 41.5 Å². The SMILES string of the molecule is CCNC(=NCC1CCCCC1)N1CCN(c2cnn(C)c2)C(=O)C1.I. The molecular formula is C18H31IN6O. The van der Waals surface area contributed by atoms with Gasteiger partial charge in [-0.1, -0.05) is 19.3 Å². The first-order valence-electron chi connectivity index (χ1n) is 9.49. The number of aromatic nitrogens is 2. The Balaban J connectivity index is 0.00000243. The van der Waals surface area contributed by atoms with E-state index in [0.29, 0.717) is 19.0 Å². The van der Waals surface area contributed by atoms with Gasteiger partial charge < -0.3 is 15.1 Å². The molecule has 0 spiro atoms. The second kappa shape index (κ2) is 10.1. The summed E-state index contributed by atoms with van der Waals surface area (Å²) in [4.78, 5) is 21.3. The van der Waals surface area contributed by atoms with Crippen molar-refractivity contribution < 1.29 is 4.79 Å². The normalized spacial score (nSPS) is 19.5. The molecule has 146 valence electrons. The first-order valence-corrected chi connectivity index (χ1v) is 9.49. The molecule has 2 fully saturated rings. The summed E-state index contributed by atoms with van der Waals surface area (Å²) in [6.07, 6.45) is 10.2. The molecule has 3 rings (SSSR count). The summed E-state index contributed by atoms with van der Waals surface area (Å²) in [7, 11) is 1.87. The molecule has 1 aliphatic carbocycles. The molecule has 1 aliphatic heterocycles. The summed E-state index contributed by atoms with van der Waals surface area (Å²) in [6.45, 7) is 5.59. The number of amides is 1. The lowest BCUT2D eigenvalue weighted by Gasteiger charge is -2.35. The van der Waals surface area contributed by atoms with E-state index in [0.717, 1.165) is 31.3 Å². The fourth-order valence-corrected chi connectivity index (χ4v) is 3.69. The Morgan fingerprint density at radius 2 is 2.08 bits per heavy atom. The average molecular weight is 474 g/mol. The van der Waals surface area contributed by atoms with Crippen LogP contribution in [0.5, 0.6) is 0 Å². The molecule has 2 heterocycles. The third-order valence-electron chi connectivity index (χ3n) is 5.08. The third-order valence-corrected chi connectivity index (χ3v) is 5.08. The Labute approximate surface area is 173 Å². The molecule has 0 unspecified atom stereocenters. The molecule has 1 saturated heterocycles. The monoisotopic (exact) mass is 474 g/mol. The van der Waals surface area contributed by atoms with E-state index in [1.165, 1.54) is 32.1 Å². The van der Waals surface area contributed by atoms with Crippen LogP contribution in [-0.2, 0) is 11.8 Å². The number of nitrogens with zero attached hydrogens (tertiary/aromatic N) is 5. The van der Waals surface area contributed by atoms with Crippen molar-refractivity contribution in [3.05, 3.63) is 12.4 Å². The predicted octanol–water partition coefficient (Wildman–Crippen LogP) is 2.23. The van der Waals surface area contributed by atoms with Crippen molar-refractivity contribution in [3.63, 3.8) is 0 Å². The number of carbonyl (C=O) groups excluding carboxylic acids is 1. The molecule has 26 heavy (non-hydrogen) atoms. The summed E-state index contributed by atoms with van der Waals surface area (Å²) >= 11 is 0. The number of anilines is 1. The van der Waals surface area contributed by atoms with Crippen LogP contribution in [0.15, 0.2) is 17.4 Å². The lowest BCUT2D eigenvalue weighted by Crippen LogP contribution is -2.55. The maximum atomic E-state index is 12.6. The Morgan fingerprint density at radius 3 is 2.69 bits per heavy atom. The van der Waals surface area contributed by atoms with Crippen LogP contribution in [-0.4, -0.2) is 59.3 Å². The minimum Gasteiger partial charge on any atom is -0.357 e. The number of aliphatic imine (C=N–C) groups is 1. The van der Waals surface area contributed by atoms with Gasteiger partial charge in [0.2, 0.25) is 5.91 Å². The molecular weight excluding hydrogens is 443 g/mol. The van der Waals surface area contributed by atoms with Gasteiger partial charge in [-0.05, 0) is 25.7 Å². The quantitative estimate of drug-likeness (QED) is 0.413. The van der Waals surface area contributed by atoms with Crippen molar-refractivity contribution in [2.24, 2.45) is 18.0 Å². The Kier molecular flexibility index (Phi) is 8.17. The number of carbonyl (C=O) groups is 1. The third kappa shape index (κ3) is 5.34. The summed E-state index contributed by atoms with van der Waals surface area (Å²) in [5.41, 5.74) is 0.872. The van der Waals surface area contributed by atoms with Gasteiger partial charge >= 0.3 is 0 Å². The zero-order valence-corrected chi connectivity index (χ0v) is 18.2. The standard InChI is InChI=1S/C18H30N6O.HI/c1-3-19-18(20-11-15-7-5-4-6-8-15)23-9-10-24(17(25)14-23)16-12-21-22(2)13-16;/h12-13,15H,3-11,14H2,1-2H3,(H,19,20);1H. The lowest BCUT2D eigenvalue weighted by molar-refractivity contribution is -0.120. The maximum absolute atomic E-state index is 12.6. The van der Waals surface area contributed by atoms with Gasteiger partial charge in [-0.2, -0.15) is 5.10 Å². The molecule has 7 nitrogen and oxygen atoms in total. The summed E-state index contributed by atoms with van der Waals surface area (Å²) in [5, 5.41) is 7.52. The van der Waals surface area contributed by atoms with Crippen molar-refractivity contribution in [1.82, 2.24) is 20.0 Å². The maximum Gasteiger partial charge on any atom is 0.246 e. The van der Waals surface area contributed by atoms with E-state index in [1.807, 2.05) is 18.1 Å². The molecule has 1 N–H and O–H groups in total. The van der Waals surface area contributed by atoms with Crippen molar-refractivity contribution in [2.45, 2.75) is 39.0 Å². The van der Waals surface area contributed by atoms with Gasteiger partial charge in [0.15, 0.2) is 5.96 Å². The van der Waals surface area contributed by atoms with E-state index in [9.17, 15) is 4.79 Å². The minimum atomic E-state index is 0. The van der Waals surface area contributed by atoms with Crippen LogP contribution in [0.2, 0.25) is 0 Å². The number of aryl methyl sites for hydroxylation is 1. The van der Waals surface area contributed by atoms with Crippen LogP contribution in [0, 0.1) is 5.92 Å². The second-order valence-corrected chi connectivity index (χ2v) is 7.04. The summed E-state index contributed by atoms with van der Waals surface area (Å²) in [6, 6.07) is 0. The van der Waals surface area contributed by atoms with Crippen LogP contribution in [0.1, 0.15) is 39.0 Å². The molecule has 0 aromatic carbocycles. The average Bonchev–Trinajstić information content (AvgIpc) is 3.05. The van der Waals surface area contributed by atoms with E-state index in [2.05, 4.69) is 22.2 Å². The Hall–Kier alpha value is -1.32. The fraction of sp³-hybridized carbons (Fsp3) is 0.722. The van der Waals surface area contributed by atoms with Crippen molar-refractivity contribution in [3.8, 4) is 0 Å². The minimum absolute atomic E-state index is 0.